The number of nitrogens with zero attached hydrogens (tertiary/aromatic N) is 4. The molecule has 4 aromatic rings. The van der Waals surface area contributed by atoms with Crippen molar-refractivity contribution in [1.29, 1.82) is 0 Å². The average Bonchev–Trinajstić information content (AvgIpc) is 3.36. The van der Waals surface area contributed by atoms with Gasteiger partial charge in [0, 0.05) is 17.7 Å². The first-order valence-corrected chi connectivity index (χ1v) is 12.0. The zero-order chi connectivity index (χ0) is 26.3. The average molecular weight is 495 g/mol. The van der Waals surface area contributed by atoms with Gasteiger partial charge in [-0.05, 0) is 62.0 Å². The summed E-state index contributed by atoms with van der Waals surface area (Å²) in [6.45, 7) is 5.76. The molecule has 0 saturated heterocycles. The van der Waals surface area contributed by atoms with Crippen LogP contribution < -0.4 is 19.3 Å². The highest BCUT2D eigenvalue weighted by Crippen LogP contribution is 2.39. The lowest BCUT2D eigenvalue weighted by Crippen LogP contribution is -2.39. The molecule has 8 nitrogen and oxygen atoms in total. The van der Waals surface area contributed by atoms with Crippen LogP contribution >= 0.6 is 0 Å². The number of rotatable bonds is 6. The summed E-state index contributed by atoms with van der Waals surface area (Å²) < 4.78 is 8.13. The maximum absolute atomic E-state index is 14.0. The van der Waals surface area contributed by atoms with Crippen molar-refractivity contribution in [2.45, 2.75) is 27.2 Å². The Hall–Kier alpha value is -4.72. The van der Waals surface area contributed by atoms with Crippen molar-refractivity contribution in [3.8, 4) is 17.3 Å². The van der Waals surface area contributed by atoms with Crippen molar-refractivity contribution in [1.82, 2.24) is 9.78 Å². The molecule has 5 rings (SSSR count). The Labute approximate surface area is 214 Å². The number of aryl methyl sites for hydroxylation is 3. The molecule has 2 aromatic carbocycles. The number of pyridine rings is 1. The van der Waals surface area contributed by atoms with E-state index < -0.39 is 17.7 Å². The number of ether oxygens (including phenoxy) is 1. The van der Waals surface area contributed by atoms with Gasteiger partial charge in [-0.15, -0.1) is 0 Å². The van der Waals surface area contributed by atoms with E-state index in [1.807, 2.05) is 45.0 Å². The molecule has 3 heterocycles. The van der Waals surface area contributed by atoms with Gasteiger partial charge in [0.15, 0.2) is 12.4 Å². The maximum atomic E-state index is 14.0. The molecule has 0 N–H and O–H groups in total. The fraction of sp³-hybridized carbons (Fsp3) is 0.172. The van der Waals surface area contributed by atoms with E-state index in [2.05, 4.69) is 5.10 Å². The van der Waals surface area contributed by atoms with Gasteiger partial charge < -0.3 is 9.84 Å². The second-order valence-corrected chi connectivity index (χ2v) is 8.83. The van der Waals surface area contributed by atoms with Gasteiger partial charge in [0.2, 0.25) is 0 Å². The lowest BCUT2D eigenvalue weighted by Gasteiger charge is -2.16. The predicted octanol–water partition coefficient (Wildman–Crippen LogP) is 3.36. The molecule has 2 aromatic heterocycles. The molecule has 0 radical (unpaired) electrons. The molecule has 0 aliphatic carbocycles. The monoisotopic (exact) mass is 494 g/mol. The smallest absolute Gasteiger partial charge is 0.331 e. The summed E-state index contributed by atoms with van der Waals surface area (Å²) in [6.07, 6.45) is 3.77. The number of hydrogen-bond donors (Lipinski definition) is 0. The fourth-order valence-electron chi connectivity index (χ4n) is 4.65. The first kappa shape index (κ1) is 24.0. The number of methoxy groups -OCH3 is 1. The Morgan fingerprint density at radius 3 is 2.30 bits per heavy atom. The molecule has 1 aliphatic rings. The third-order valence-electron chi connectivity index (χ3n) is 6.44. The van der Waals surface area contributed by atoms with E-state index >= 15 is 0 Å². The highest BCUT2D eigenvalue weighted by molar-refractivity contribution is 6.53. The van der Waals surface area contributed by atoms with E-state index in [4.69, 9.17) is 4.74 Å². The summed E-state index contributed by atoms with van der Waals surface area (Å²) >= 11 is 0. The van der Waals surface area contributed by atoms with Crippen LogP contribution in [0.3, 0.4) is 0 Å². The number of carbonyl (C=O) groups is 2. The van der Waals surface area contributed by atoms with Crippen molar-refractivity contribution in [3.63, 3.8) is 0 Å². The van der Waals surface area contributed by atoms with Crippen LogP contribution in [0.4, 0.5) is 5.69 Å². The van der Waals surface area contributed by atoms with Gasteiger partial charge >= 0.3 is 5.91 Å². The van der Waals surface area contributed by atoms with E-state index in [1.165, 1.54) is 4.68 Å². The van der Waals surface area contributed by atoms with Gasteiger partial charge in [0.1, 0.15) is 11.3 Å². The maximum Gasteiger partial charge on any atom is 0.331 e. The van der Waals surface area contributed by atoms with Crippen LogP contribution in [0.1, 0.15) is 29.3 Å². The molecule has 1 aliphatic heterocycles. The Balaban J connectivity index is 1.74. The predicted molar refractivity (Wildman–Crippen MR) is 137 cm³/mol. The van der Waals surface area contributed by atoms with Crippen LogP contribution in [-0.4, -0.2) is 28.7 Å². The molecule has 186 valence electrons. The minimum absolute atomic E-state index is 0.0369. The van der Waals surface area contributed by atoms with Crippen molar-refractivity contribution in [2.75, 3.05) is 12.0 Å². The molecule has 0 unspecified atom stereocenters. The van der Waals surface area contributed by atoms with Gasteiger partial charge in [-0.2, -0.15) is 9.67 Å². The standard InChI is InChI=1S/C29H26N4O4/c1-5-22-24(28(35)33(30-22)23-14-9-18(2)17-19(23)3)25-26(31-15-7-6-8-16-31)29(36)32(27(25)34)20-10-12-21(37-4)13-11-20/h6-17H,5H2,1-4H3. The summed E-state index contributed by atoms with van der Waals surface area (Å²) in [5.74, 6) is -0.945. The van der Waals surface area contributed by atoms with Crippen LogP contribution in [-0.2, 0) is 16.0 Å². The van der Waals surface area contributed by atoms with Crippen molar-refractivity contribution < 1.29 is 24.0 Å². The van der Waals surface area contributed by atoms with Gasteiger partial charge in [-0.3, -0.25) is 9.59 Å². The molecule has 8 heteroatoms. The third-order valence-corrected chi connectivity index (χ3v) is 6.44. The summed E-state index contributed by atoms with van der Waals surface area (Å²) in [5.41, 5.74) is 3.70. The number of anilines is 1. The highest BCUT2D eigenvalue weighted by atomic mass is 16.5. The molecular weight excluding hydrogens is 468 g/mol. The highest BCUT2D eigenvalue weighted by Gasteiger charge is 2.47. The quantitative estimate of drug-likeness (QED) is 0.303. The summed E-state index contributed by atoms with van der Waals surface area (Å²) in [6, 6.07) is 17.7. The normalized spacial score (nSPS) is 13.6. The van der Waals surface area contributed by atoms with E-state index in [0.717, 1.165) is 16.0 Å². The van der Waals surface area contributed by atoms with E-state index in [0.29, 0.717) is 29.2 Å². The number of carbonyl (C=O) groups excluding carboxylic acids is 2. The van der Waals surface area contributed by atoms with Gasteiger partial charge in [0.05, 0.1) is 24.2 Å². The largest absolute Gasteiger partial charge is 0.858 e. The zero-order valence-corrected chi connectivity index (χ0v) is 21.1. The summed E-state index contributed by atoms with van der Waals surface area (Å²) in [5, 5.41) is 18.5. The molecule has 37 heavy (non-hydrogen) atoms. The third kappa shape index (κ3) is 3.96. The SMILES string of the molecule is CCc1nn(-c2ccc(C)cc2C)c([O-])c1C1=C([n+]2ccccc2)C(=O)N(c2ccc(OC)cc2)C1=O. The van der Waals surface area contributed by atoms with Crippen LogP contribution in [0.2, 0.25) is 0 Å². The van der Waals surface area contributed by atoms with E-state index in [9.17, 15) is 14.7 Å². The Kier molecular flexibility index (Phi) is 6.09. The van der Waals surface area contributed by atoms with Gasteiger partial charge in [-0.1, -0.05) is 30.7 Å². The number of amides is 2. The first-order chi connectivity index (χ1) is 17.8. The minimum atomic E-state index is -0.575. The second-order valence-electron chi connectivity index (χ2n) is 8.83. The van der Waals surface area contributed by atoms with Crippen molar-refractivity contribution >= 4 is 28.8 Å². The van der Waals surface area contributed by atoms with Crippen LogP contribution in [0, 0.1) is 13.8 Å². The second kappa shape index (κ2) is 9.39. The van der Waals surface area contributed by atoms with E-state index in [-0.39, 0.29) is 16.8 Å². The van der Waals surface area contributed by atoms with Crippen LogP contribution in [0.5, 0.6) is 11.6 Å². The van der Waals surface area contributed by atoms with Crippen LogP contribution in [0.25, 0.3) is 17.0 Å². The number of imide groups is 1. The topological polar surface area (TPSA) is 91.4 Å². The Bertz CT molecular complexity index is 1550. The fourth-order valence-corrected chi connectivity index (χ4v) is 4.65. The Morgan fingerprint density at radius 1 is 0.973 bits per heavy atom. The van der Waals surface area contributed by atoms with Gasteiger partial charge in [0.25, 0.3) is 11.6 Å². The van der Waals surface area contributed by atoms with Crippen LogP contribution in [0.15, 0.2) is 73.1 Å². The van der Waals surface area contributed by atoms with Crippen molar-refractivity contribution in [2.24, 2.45) is 0 Å². The summed E-state index contributed by atoms with van der Waals surface area (Å²) in [7, 11) is 1.54. The van der Waals surface area contributed by atoms with Gasteiger partial charge in [-0.25, -0.2) is 9.58 Å². The van der Waals surface area contributed by atoms with E-state index in [1.54, 1.807) is 60.5 Å². The number of benzene rings is 2. The molecule has 0 bridgehead atoms. The summed E-state index contributed by atoms with van der Waals surface area (Å²) in [4.78, 5) is 28.9. The lowest BCUT2D eigenvalue weighted by atomic mass is 10.0. The minimum Gasteiger partial charge on any atom is -0.858 e. The Morgan fingerprint density at radius 2 is 1.68 bits per heavy atom. The first-order valence-electron chi connectivity index (χ1n) is 12.0. The number of aromatic nitrogens is 3. The molecule has 0 atom stereocenters. The molecular formula is C29H26N4O4. The molecule has 2 amide bonds. The molecule has 0 saturated carbocycles. The van der Waals surface area contributed by atoms with Crippen molar-refractivity contribution in [3.05, 3.63) is 95.4 Å². The number of hydrogen-bond acceptors (Lipinski definition) is 5. The molecule has 0 fully saturated rings. The lowest BCUT2D eigenvalue weighted by molar-refractivity contribution is -0.576. The zero-order valence-electron chi connectivity index (χ0n) is 21.1. The molecule has 0 spiro atoms.